The van der Waals surface area contributed by atoms with Crippen molar-refractivity contribution in [2.75, 3.05) is 6.61 Å². The molecule has 5 nitrogen and oxygen atoms in total. The van der Waals surface area contributed by atoms with E-state index in [1.165, 1.54) is 0 Å². The number of hydrogen-bond acceptors (Lipinski definition) is 4. The van der Waals surface area contributed by atoms with Crippen molar-refractivity contribution >= 4 is 5.97 Å². The summed E-state index contributed by atoms with van der Waals surface area (Å²) < 4.78 is 4.90. The minimum atomic E-state index is -0.383. The van der Waals surface area contributed by atoms with Gasteiger partial charge in [-0.15, -0.1) is 0 Å². The molecule has 2 rings (SSSR count). The third-order valence-corrected chi connectivity index (χ3v) is 2.59. The number of aliphatic hydroxyl groups is 1. The molecule has 0 saturated heterocycles. The molecule has 1 aliphatic carbocycles. The quantitative estimate of drug-likeness (QED) is 0.694. The maximum atomic E-state index is 11.5. The summed E-state index contributed by atoms with van der Waals surface area (Å²) in [6.07, 6.45) is 1.58. The molecular weight excluding hydrogens is 196 g/mol. The molecule has 0 aliphatic heterocycles. The van der Waals surface area contributed by atoms with Gasteiger partial charge in [-0.2, -0.15) is 5.10 Å². The molecule has 1 aromatic heterocycles. The first-order valence-corrected chi connectivity index (χ1v) is 5.13. The Morgan fingerprint density at radius 3 is 3.27 bits per heavy atom. The second kappa shape index (κ2) is 4.02. The van der Waals surface area contributed by atoms with E-state index in [0.29, 0.717) is 31.6 Å². The Labute approximate surface area is 87.4 Å². The summed E-state index contributed by atoms with van der Waals surface area (Å²) in [5.41, 5.74) is 2.13. The average Bonchev–Trinajstić information content (AvgIpc) is 2.60. The monoisotopic (exact) mass is 210 g/mol. The molecule has 0 radical (unpaired) electrons. The highest BCUT2D eigenvalue weighted by molar-refractivity contribution is 5.89. The van der Waals surface area contributed by atoms with Crippen LogP contribution in [0, 0.1) is 0 Å². The summed E-state index contributed by atoms with van der Waals surface area (Å²) in [6, 6.07) is 0. The molecule has 0 aromatic carbocycles. The lowest BCUT2D eigenvalue weighted by Gasteiger charge is -2.16. The van der Waals surface area contributed by atoms with E-state index in [4.69, 9.17) is 4.74 Å². The predicted molar refractivity (Wildman–Crippen MR) is 52.6 cm³/mol. The van der Waals surface area contributed by atoms with Gasteiger partial charge in [-0.25, -0.2) is 4.79 Å². The van der Waals surface area contributed by atoms with Crippen molar-refractivity contribution in [2.45, 2.75) is 32.3 Å². The third kappa shape index (κ3) is 1.87. The van der Waals surface area contributed by atoms with E-state index in [2.05, 4.69) is 10.2 Å². The zero-order chi connectivity index (χ0) is 10.8. The van der Waals surface area contributed by atoms with Crippen LogP contribution >= 0.6 is 0 Å². The lowest BCUT2D eigenvalue weighted by Crippen LogP contribution is -2.19. The van der Waals surface area contributed by atoms with Crippen LogP contribution in [-0.4, -0.2) is 34.0 Å². The molecule has 2 N–H and O–H groups in total. The fourth-order valence-corrected chi connectivity index (χ4v) is 1.86. The van der Waals surface area contributed by atoms with Crippen LogP contribution in [0.5, 0.6) is 0 Å². The number of esters is 1. The minimum absolute atomic E-state index is 0.326. The Hall–Kier alpha value is -1.36. The van der Waals surface area contributed by atoms with Gasteiger partial charge >= 0.3 is 5.97 Å². The molecule has 0 bridgehead atoms. The molecule has 0 fully saturated rings. The summed E-state index contributed by atoms with van der Waals surface area (Å²) in [6.45, 7) is 2.11. The summed E-state index contributed by atoms with van der Waals surface area (Å²) in [7, 11) is 0. The van der Waals surface area contributed by atoms with E-state index in [1.807, 2.05) is 0 Å². The van der Waals surface area contributed by atoms with E-state index in [-0.39, 0.29) is 12.1 Å². The molecule has 82 valence electrons. The number of aromatic nitrogens is 2. The maximum Gasteiger partial charge on any atom is 0.359 e. The van der Waals surface area contributed by atoms with Gasteiger partial charge in [0.1, 0.15) is 0 Å². The van der Waals surface area contributed by atoms with Crippen molar-refractivity contribution in [3.63, 3.8) is 0 Å². The molecule has 1 heterocycles. The molecule has 5 heteroatoms. The van der Waals surface area contributed by atoms with Gasteiger partial charge in [-0.05, 0) is 19.8 Å². The summed E-state index contributed by atoms with van der Waals surface area (Å²) >= 11 is 0. The molecule has 0 unspecified atom stereocenters. The van der Waals surface area contributed by atoms with Crippen LogP contribution in [0.2, 0.25) is 0 Å². The number of carbonyl (C=O) groups is 1. The largest absolute Gasteiger partial charge is 0.461 e. The number of nitrogens with zero attached hydrogens (tertiary/aromatic N) is 1. The Morgan fingerprint density at radius 1 is 1.73 bits per heavy atom. The van der Waals surface area contributed by atoms with E-state index < -0.39 is 0 Å². The van der Waals surface area contributed by atoms with E-state index in [9.17, 15) is 9.90 Å². The fraction of sp³-hybridized carbons (Fsp3) is 0.600. The van der Waals surface area contributed by atoms with Gasteiger partial charge in [-0.3, -0.25) is 5.10 Å². The lowest BCUT2D eigenvalue weighted by atomic mass is 9.94. The molecule has 1 aromatic rings. The topological polar surface area (TPSA) is 75.2 Å². The van der Waals surface area contributed by atoms with Gasteiger partial charge in [0, 0.05) is 17.7 Å². The molecule has 0 spiro atoms. The zero-order valence-corrected chi connectivity index (χ0v) is 8.62. The first kappa shape index (κ1) is 10.2. The average molecular weight is 210 g/mol. The van der Waals surface area contributed by atoms with Crippen molar-refractivity contribution in [3.05, 3.63) is 17.0 Å². The highest BCUT2D eigenvalue weighted by Gasteiger charge is 2.25. The Kier molecular flexibility index (Phi) is 2.73. The van der Waals surface area contributed by atoms with E-state index in [0.717, 1.165) is 11.3 Å². The van der Waals surface area contributed by atoms with Crippen molar-refractivity contribution in [2.24, 2.45) is 0 Å². The Morgan fingerprint density at radius 2 is 2.53 bits per heavy atom. The number of aliphatic hydroxyl groups excluding tert-OH is 1. The number of H-pyrrole nitrogens is 1. The minimum Gasteiger partial charge on any atom is -0.461 e. The summed E-state index contributed by atoms with van der Waals surface area (Å²) in [5.74, 6) is -0.383. The van der Waals surface area contributed by atoms with Gasteiger partial charge in [0.2, 0.25) is 0 Å². The Balaban J connectivity index is 2.24. The summed E-state index contributed by atoms with van der Waals surface area (Å²) in [4.78, 5) is 11.5. The van der Waals surface area contributed by atoms with Crippen molar-refractivity contribution in [1.29, 1.82) is 0 Å². The normalized spacial score (nSPS) is 19.7. The number of rotatable bonds is 2. The molecular formula is C10H14N2O3. The summed E-state index contributed by atoms with van der Waals surface area (Å²) in [5, 5.41) is 16.2. The fourth-order valence-electron chi connectivity index (χ4n) is 1.86. The van der Waals surface area contributed by atoms with Gasteiger partial charge in [-0.1, -0.05) is 0 Å². The lowest BCUT2D eigenvalue weighted by molar-refractivity contribution is 0.0517. The SMILES string of the molecule is CCOC(=O)c1n[nH]c2c1CC[C@H](O)C2. The molecule has 1 aliphatic rings. The molecule has 1 atom stereocenters. The molecule has 0 saturated carbocycles. The van der Waals surface area contributed by atoms with Crippen molar-refractivity contribution in [3.8, 4) is 0 Å². The zero-order valence-electron chi connectivity index (χ0n) is 8.62. The van der Waals surface area contributed by atoms with Crippen LogP contribution in [0.3, 0.4) is 0 Å². The molecule has 15 heavy (non-hydrogen) atoms. The predicted octanol–water partition coefficient (Wildman–Crippen LogP) is 0.436. The second-order valence-electron chi connectivity index (χ2n) is 3.65. The number of ether oxygens (including phenoxy) is 1. The maximum absolute atomic E-state index is 11.5. The second-order valence-corrected chi connectivity index (χ2v) is 3.65. The number of fused-ring (bicyclic) bond motifs is 1. The van der Waals surface area contributed by atoms with Crippen LogP contribution in [0.15, 0.2) is 0 Å². The third-order valence-electron chi connectivity index (χ3n) is 2.59. The van der Waals surface area contributed by atoms with Gasteiger partial charge in [0.15, 0.2) is 5.69 Å². The van der Waals surface area contributed by atoms with Crippen molar-refractivity contribution < 1.29 is 14.6 Å². The van der Waals surface area contributed by atoms with Crippen molar-refractivity contribution in [1.82, 2.24) is 10.2 Å². The van der Waals surface area contributed by atoms with Gasteiger partial charge < -0.3 is 9.84 Å². The van der Waals surface area contributed by atoms with E-state index in [1.54, 1.807) is 6.92 Å². The number of aromatic amines is 1. The highest BCUT2D eigenvalue weighted by atomic mass is 16.5. The molecule has 0 amide bonds. The van der Waals surface area contributed by atoms with Crippen LogP contribution in [0.4, 0.5) is 0 Å². The van der Waals surface area contributed by atoms with Crippen LogP contribution in [0.25, 0.3) is 0 Å². The Bertz CT molecular complexity index is 373. The number of nitrogens with one attached hydrogen (secondary N) is 1. The number of hydrogen-bond donors (Lipinski definition) is 2. The van der Waals surface area contributed by atoms with Gasteiger partial charge in [0.25, 0.3) is 0 Å². The van der Waals surface area contributed by atoms with Crippen LogP contribution in [0.1, 0.15) is 35.1 Å². The van der Waals surface area contributed by atoms with Gasteiger partial charge in [0.05, 0.1) is 12.7 Å². The first-order valence-electron chi connectivity index (χ1n) is 5.13. The standard InChI is InChI=1S/C10H14N2O3/c1-2-15-10(14)9-7-4-3-6(13)5-8(7)11-12-9/h6,13H,2-5H2,1H3,(H,11,12)/t6-/m0/s1. The first-order chi connectivity index (χ1) is 7.22. The van der Waals surface area contributed by atoms with E-state index >= 15 is 0 Å². The smallest absolute Gasteiger partial charge is 0.359 e. The van der Waals surface area contributed by atoms with Crippen LogP contribution < -0.4 is 0 Å². The highest BCUT2D eigenvalue weighted by Crippen LogP contribution is 2.22. The van der Waals surface area contributed by atoms with Crippen LogP contribution in [-0.2, 0) is 17.6 Å². The number of carbonyl (C=O) groups excluding carboxylic acids is 1.